The molecule has 0 aliphatic carbocycles. The molecule has 1 aliphatic rings. The van der Waals surface area contributed by atoms with Crippen LogP contribution in [0, 0.1) is 0 Å². The van der Waals surface area contributed by atoms with E-state index in [-0.39, 0.29) is 12.0 Å². The molecule has 1 atom stereocenters. The Balaban J connectivity index is 1.84. The number of nitrogen functional groups attached to an aromatic ring is 1. The highest BCUT2D eigenvalue weighted by atomic mass is 16.5. The van der Waals surface area contributed by atoms with Gasteiger partial charge >= 0.3 is 0 Å². The molecule has 0 saturated carbocycles. The Bertz CT molecular complexity index is 726. The predicted octanol–water partition coefficient (Wildman–Crippen LogP) is 3.10. The van der Waals surface area contributed by atoms with Crippen LogP contribution in [0.25, 0.3) is 0 Å². The number of carbonyl (C=O) groups excluding carboxylic acids is 1. The van der Waals surface area contributed by atoms with Crippen molar-refractivity contribution in [1.82, 2.24) is 4.90 Å². The van der Waals surface area contributed by atoms with Gasteiger partial charge < -0.3 is 20.1 Å². The van der Waals surface area contributed by atoms with Crippen LogP contribution in [-0.4, -0.2) is 37.2 Å². The van der Waals surface area contributed by atoms with Crippen molar-refractivity contribution in [2.75, 3.05) is 26.0 Å². The molecular formula is C20H24N2O3. The van der Waals surface area contributed by atoms with E-state index in [2.05, 4.69) is 0 Å². The van der Waals surface area contributed by atoms with E-state index < -0.39 is 0 Å². The molecule has 0 radical (unpaired) electrons. The number of para-hydroxylation sites is 1. The summed E-state index contributed by atoms with van der Waals surface area (Å²) in [5, 5.41) is 0. The summed E-state index contributed by atoms with van der Waals surface area (Å²) >= 11 is 0. The molecule has 1 heterocycles. The Hall–Kier alpha value is -2.53. The SMILES string of the molecule is COc1ccccc1CN(CC1CCCO1)C(=O)c1cccc(N)c1. The summed E-state index contributed by atoms with van der Waals surface area (Å²) in [7, 11) is 1.64. The summed E-state index contributed by atoms with van der Waals surface area (Å²) in [6.07, 6.45) is 2.10. The van der Waals surface area contributed by atoms with Crippen molar-refractivity contribution in [3.05, 3.63) is 59.7 Å². The minimum atomic E-state index is -0.0475. The maximum atomic E-state index is 13.1. The lowest BCUT2D eigenvalue weighted by molar-refractivity contribution is 0.0506. The van der Waals surface area contributed by atoms with Crippen LogP contribution in [-0.2, 0) is 11.3 Å². The smallest absolute Gasteiger partial charge is 0.254 e. The fraction of sp³-hybridized carbons (Fsp3) is 0.350. The van der Waals surface area contributed by atoms with E-state index in [4.69, 9.17) is 15.2 Å². The summed E-state index contributed by atoms with van der Waals surface area (Å²) in [6.45, 7) is 1.79. The standard InChI is InChI=1S/C20H24N2O3/c1-24-19-10-3-2-6-16(19)13-22(14-18-9-5-11-25-18)20(23)15-7-4-8-17(21)12-15/h2-4,6-8,10,12,18H,5,9,11,13-14,21H2,1H3. The molecule has 5 nitrogen and oxygen atoms in total. The van der Waals surface area contributed by atoms with Gasteiger partial charge in [0.05, 0.1) is 13.2 Å². The number of nitrogens with zero attached hydrogens (tertiary/aromatic N) is 1. The number of hydrogen-bond donors (Lipinski definition) is 1. The quantitative estimate of drug-likeness (QED) is 0.821. The maximum absolute atomic E-state index is 13.1. The molecular weight excluding hydrogens is 316 g/mol. The van der Waals surface area contributed by atoms with Crippen molar-refractivity contribution in [2.24, 2.45) is 0 Å². The van der Waals surface area contributed by atoms with E-state index in [0.29, 0.717) is 24.3 Å². The molecule has 132 valence electrons. The number of methoxy groups -OCH3 is 1. The zero-order chi connectivity index (χ0) is 17.6. The van der Waals surface area contributed by atoms with E-state index in [0.717, 1.165) is 30.8 Å². The van der Waals surface area contributed by atoms with Crippen molar-refractivity contribution < 1.29 is 14.3 Å². The van der Waals surface area contributed by atoms with E-state index in [9.17, 15) is 4.79 Å². The zero-order valence-corrected chi connectivity index (χ0v) is 14.5. The third-order valence-corrected chi connectivity index (χ3v) is 4.42. The van der Waals surface area contributed by atoms with E-state index in [1.807, 2.05) is 29.2 Å². The van der Waals surface area contributed by atoms with Gasteiger partial charge in [0.2, 0.25) is 0 Å². The summed E-state index contributed by atoms with van der Waals surface area (Å²) in [5.41, 5.74) is 7.99. The van der Waals surface area contributed by atoms with E-state index in [1.165, 1.54) is 0 Å². The van der Waals surface area contributed by atoms with Crippen LogP contribution in [0.4, 0.5) is 5.69 Å². The van der Waals surface area contributed by atoms with E-state index >= 15 is 0 Å². The molecule has 1 saturated heterocycles. The van der Waals surface area contributed by atoms with Crippen LogP contribution < -0.4 is 10.5 Å². The van der Waals surface area contributed by atoms with Crippen LogP contribution in [0.5, 0.6) is 5.75 Å². The monoisotopic (exact) mass is 340 g/mol. The lowest BCUT2D eigenvalue weighted by atomic mass is 10.1. The van der Waals surface area contributed by atoms with Crippen molar-refractivity contribution in [2.45, 2.75) is 25.5 Å². The van der Waals surface area contributed by atoms with Crippen LogP contribution in [0.15, 0.2) is 48.5 Å². The van der Waals surface area contributed by atoms with Crippen molar-refractivity contribution in [1.29, 1.82) is 0 Å². The first-order valence-electron chi connectivity index (χ1n) is 8.55. The van der Waals surface area contributed by atoms with Crippen LogP contribution in [0.1, 0.15) is 28.8 Å². The number of anilines is 1. The molecule has 1 amide bonds. The summed E-state index contributed by atoms with van der Waals surface area (Å²) in [5.74, 6) is 0.730. The Morgan fingerprint density at radius 3 is 2.84 bits per heavy atom. The molecule has 5 heteroatoms. The number of benzene rings is 2. The second-order valence-corrected chi connectivity index (χ2v) is 6.26. The molecule has 0 aromatic heterocycles. The van der Waals surface area contributed by atoms with Crippen molar-refractivity contribution >= 4 is 11.6 Å². The average molecular weight is 340 g/mol. The Morgan fingerprint density at radius 2 is 2.12 bits per heavy atom. The molecule has 0 spiro atoms. The number of rotatable bonds is 6. The zero-order valence-electron chi connectivity index (χ0n) is 14.5. The van der Waals surface area contributed by atoms with Gasteiger partial charge in [-0.1, -0.05) is 24.3 Å². The van der Waals surface area contributed by atoms with Gasteiger partial charge in [0.25, 0.3) is 5.91 Å². The lowest BCUT2D eigenvalue weighted by Crippen LogP contribution is -2.37. The largest absolute Gasteiger partial charge is 0.496 e. The maximum Gasteiger partial charge on any atom is 0.254 e. The van der Waals surface area contributed by atoms with Gasteiger partial charge in [0, 0.05) is 36.5 Å². The summed E-state index contributed by atoms with van der Waals surface area (Å²) < 4.78 is 11.2. The molecule has 0 bridgehead atoms. The van der Waals surface area contributed by atoms with Gasteiger partial charge in [-0.05, 0) is 37.1 Å². The lowest BCUT2D eigenvalue weighted by Gasteiger charge is -2.26. The molecule has 1 unspecified atom stereocenters. The van der Waals surface area contributed by atoms with Crippen molar-refractivity contribution in [3.63, 3.8) is 0 Å². The molecule has 25 heavy (non-hydrogen) atoms. The Kier molecular flexibility index (Phi) is 5.56. The number of nitrogens with two attached hydrogens (primary N) is 1. The third kappa shape index (κ3) is 4.31. The normalized spacial score (nSPS) is 16.6. The average Bonchev–Trinajstić information content (AvgIpc) is 3.14. The molecule has 1 aliphatic heterocycles. The molecule has 1 fully saturated rings. The van der Waals surface area contributed by atoms with Gasteiger partial charge in [-0.2, -0.15) is 0 Å². The fourth-order valence-electron chi connectivity index (χ4n) is 3.15. The van der Waals surface area contributed by atoms with Crippen LogP contribution in [0.2, 0.25) is 0 Å². The highest BCUT2D eigenvalue weighted by Crippen LogP contribution is 2.23. The first kappa shape index (κ1) is 17.3. The number of ether oxygens (including phenoxy) is 2. The minimum absolute atomic E-state index is 0.0475. The topological polar surface area (TPSA) is 64.8 Å². The molecule has 2 N–H and O–H groups in total. The Morgan fingerprint density at radius 1 is 1.28 bits per heavy atom. The van der Waals surface area contributed by atoms with Gasteiger partial charge in [0.1, 0.15) is 5.75 Å². The summed E-state index contributed by atoms with van der Waals surface area (Å²) in [4.78, 5) is 14.9. The Labute approximate surface area is 148 Å². The number of carbonyl (C=O) groups is 1. The van der Waals surface area contributed by atoms with Crippen LogP contribution in [0.3, 0.4) is 0 Å². The predicted molar refractivity (Wildman–Crippen MR) is 97.6 cm³/mol. The molecule has 2 aromatic rings. The van der Waals surface area contributed by atoms with Crippen molar-refractivity contribution in [3.8, 4) is 5.75 Å². The van der Waals surface area contributed by atoms with Gasteiger partial charge in [0.15, 0.2) is 0 Å². The fourth-order valence-corrected chi connectivity index (χ4v) is 3.15. The highest BCUT2D eigenvalue weighted by molar-refractivity contribution is 5.95. The first-order valence-corrected chi connectivity index (χ1v) is 8.55. The van der Waals surface area contributed by atoms with E-state index in [1.54, 1.807) is 31.4 Å². The van der Waals surface area contributed by atoms with Gasteiger partial charge in [-0.15, -0.1) is 0 Å². The van der Waals surface area contributed by atoms with Crippen LogP contribution >= 0.6 is 0 Å². The third-order valence-electron chi connectivity index (χ3n) is 4.42. The first-order chi connectivity index (χ1) is 12.2. The van der Waals surface area contributed by atoms with Gasteiger partial charge in [-0.3, -0.25) is 4.79 Å². The number of hydrogen-bond acceptors (Lipinski definition) is 4. The molecule has 3 rings (SSSR count). The van der Waals surface area contributed by atoms with Gasteiger partial charge in [-0.25, -0.2) is 0 Å². The minimum Gasteiger partial charge on any atom is -0.496 e. The second-order valence-electron chi connectivity index (χ2n) is 6.26. The number of amides is 1. The highest BCUT2D eigenvalue weighted by Gasteiger charge is 2.24. The summed E-state index contributed by atoms with van der Waals surface area (Å²) in [6, 6.07) is 14.9. The molecule has 2 aromatic carbocycles. The second kappa shape index (κ2) is 8.03.